The molecule has 21 heavy (non-hydrogen) atoms. The summed E-state index contributed by atoms with van der Waals surface area (Å²) < 4.78 is 16.9. The highest BCUT2D eigenvalue weighted by Gasteiger charge is 2.18. The van der Waals surface area contributed by atoms with E-state index in [0.717, 1.165) is 36.6 Å². The highest BCUT2D eigenvalue weighted by Crippen LogP contribution is 2.28. The first-order chi connectivity index (χ1) is 10.3. The molecular weight excluding hydrogens is 282 g/mol. The lowest BCUT2D eigenvalue weighted by molar-refractivity contribution is 0.404. The highest BCUT2D eigenvalue weighted by atomic mass is 32.2. The van der Waals surface area contributed by atoms with Gasteiger partial charge in [-0.2, -0.15) is 0 Å². The first-order valence-electron chi connectivity index (χ1n) is 7.41. The molecule has 1 N–H and O–H groups in total. The molecule has 4 heteroatoms. The Balaban J connectivity index is 1.80. The van der Waals surface area contributed by atoms with Gasteiger partial charge in [-0.25, -0.2) is 0 Å². The minimum absolute atomic E-state index is 0.464. The lowest BCUT2D eigenvalue weighted by Gasteiger charge is -2.23. The van der Waals surface area contributed by atoms with Crippen molar-refractivity contribution in [3.8, 4) is 5.75 Å². The highest BCUT2D eigenvalue weighted by molar-refractivity contribution is 7.85. The molecule has 0 aliphatic carbocycles. The van der Waals surface area contributed by atoms with Gasteiger partial charge in [0.2, 0.25) is 0 Å². The van der Waals surface area contributed by atoms with Gasteiger partial charge in [-0.1, -0.05) is 30.3 Å². The average molecular weight is 303 g/mol. The summed E-state index contributed by atoms with van der Waals surface area (Å²) in [6, 6.07) is 13.0. The Labute approximate surface area is 128 Å². The van der Waals surface area contributed by atoms with Crippen LogP contribution >= 0.6 is 0 Å². The second-order valence-corrected chi connectivity index (χ2v) is 7.17. The predicted molar refractivity (Wildman–Crippen MR) is 88.2 cm³/mol. The Hall–Kier alpha value is -1.39. The Kier molecular flexibility index (Phi) is 4.56. The van der Waals surface area contributed by atoms with E-state index in [2.05, 4.69) is 35.6 Å². The first-order valence-corrected chi connectivity index (χ1v) is 8.89. The van der Waals surface area contributed by atoms with E-state index in [1.807, 2.05) is 6.07 Å². The van der Waals surface area contributed by atoms with Crippen molar-refractivity contribution >= 4 is 21.6 Å². The van der Waals surface area contributed by atoms with E-state index in [4.69, 9.17) is 4.74 Å². The first kappa shape index (κ1) is 14.5. The molecule has 0 unspecified atom stereocenters. The SMILES string of the molecule is COc1ccc2ccccc2c1CNC1CCS(=O)CC1. The Morgan fingerprint density at radius 3 is 2.71 bits per heavy atom. The largest absolute Gasteiger partial charge is 0.496 e. The van der Waals surface area contributed by atoms with Crippen molar-refractivity contribution in [1.82, 2.24) is 5.32 Å². The van der Waals surface area contributed by atoms with Gasteiger partial charge in [-0.15, -0.1) is 0 Å². The number of rotatable bonds is 4. The number of methoxy groups -OCH3 is 1. The fourth-order valence-electron chi connectivity index (χ4n) is 2.93. The second-order valence-electron chi connectivity index (χ2n) is 5.47. The smallest absolute Gasteiger partial charge is 0.123 e. The van der Waals surface area contributed by atoms with Gasteiger partial charge in [0.25, 0.3) is 0 Å². The van der Waals surface area contributed by atoms with Crippen LogP contribution in [0.2, 0.25) is 0 Å². The van der Waals surface area contributed by atoms with Crippen molar-refractivity contribution in [2.45, 2.75) is 25.4 Å². The molecular formula is C17H21NO2S. The minimum Gasteiger partial charge on any atom is -0.496 e. The van der Waals surface area contributed by atoms with E-state index in [-0.39, 0.29) is 0 Å². The third-order valence-corrected chi connectivity index (χ3v) is 5.56. The summed E-state index contributed by atoms with van der Waals surface area (Å²) in [4.78, 5) is 0. The molecule has 3 nitrogen and oxygen atoms in total. The summed E-state index contributed by atoms with van der Waals surface area (Å²) in [5.74, 6) is 2.58. The zero-order chi connectivity index (χ0) is 14.7. The van der Waals surface area contributed by atoms with Crippen molar-refractivity contribution in [2.24, 2.45) is 0 Å². The molecule has 0 bridgehead atoms. The van der Waals surface area contributed by atoms with Crippen molar-refractivity contribution in [1.29, 1.82) is 0 Å². The third-order valence-electron chi connectivity index (χ3n) is 4.17. The maximum Gasteiger partial charge on any atom is 0.123 e. The molecule has 0 radical (unpaired) electrons. The molecule has 0 aromatic heterocycles. The quantitative estimate of drug-likeness (QED) is 0.944. The molecule has 1 fully saturated rings. The number of ether oxygens (including phenoxy) is 1. The van der Waals surface area contributed by atoms with Crippen LogP contribution in [0.5, 0.6) is 5.75 Å². The summed E-state index contributed by atoms with van der Waals surface area (Å²) in [6.07, 6.45) is 2.00. The van der Waals surface area contributed by atoms with Gasteiger partial charge in [0, 0.05) is 40.5 Å². The lowest BCUT2D eigenvalue weighted by atomic mass is 10.0. The molecule has 0 spiro atoms. The summed E-state index contributed by atoms with van der Waals surface area (Å²) in [7, 11) is 1.12. The topological polar surface area (TPSA) is 38.3 Å². The maximum absolute atomic E-state index is 11.4. The van der Waals surface area contributed by atoms with Gasteiger partial charge in [0.15, 0.2) is 0 Å². The van der Waals surface area contributed by atoms with Crippen LogP contribution in [0.15, 0.2) is 36.4 Å². The predicted octanol–water partition coefficient (Wildman–Crippen LogP) is 2.85. The summed E-state index contributed by atoms with van der Waals surface area (Å²) in [5, 5.41) is 6.09. The summed E-state index contributed by atoms with van der Waals surface area (Å²) >= 11 is 0. The van der Waals surface area contributed by atoms with E-state index >= 15 is 0 Å². The molecule has 3 rings (SSSR count). The maximum atomic E-state index is 11.4. The zero-order valence-corrected chi connectivity index (χ0v) is 13.1. The molecule has 0 atom stereocenters. The van der Waals surface area contributed by atoms with Crippen molar-refractivity contribution in [2.75, 3.05) is 18.6 Å². The average Bonchev–Trinajstić information content (AvgIpc) is 2.54. The number of fused-ring (bicyclic) bond motifs is 1. The van der Waals surface area contributed by atoms with Gasteiger partial charge in [-0.3, -0.25) is 4.21 Å². The van der Waals surface area contributed by atoms with E-state index in [9.17, 15) is 4.21 Å². The van der Waals surface area contributed by atoms with Gasteiger partial charge < -0.3 is 10.1 Å². The van der Waals surface area contributed by atoms with Gasteiger partial charge in [-0.05, 0) is 29.7 Å². The molecule has 112 valence electrons. The van der Waals surface area contributed by atoms with E-state index in [1.54, 1.807) is 7.11 Å². The molecule has 1 heterocycles. The van der Waals surface area contributed by atoms with Gasteiger partial charge in [0.05, 0.1) is 7.11 Å². The number of hydrogen-bond donors (Lipinski definition) is 1. The van der Waals surface area contributed by atoms with Gasteiger partial charge >= 0.3 is 0 Å². The number of benzene rings is 2. The molecule has 0 saturated carbocycles. The van der Waals surface area contributed by atoms with Crippen LogP contribution < -0.4 is 10.1 Å². The fourth-order valence-corrected chi connectivity index (χ4v) is 4.23. The van der Waals surface area contributed by atoms with Crippen LogP contribution in [0, 0.1) is 0 Å². The second kappa shape index (κ2) is 6.58. The van der Waals surface area contributed by atoms with Crippen LogP contribution in [0.4, 0.5) is 0 Å². The fraction of sp³-hybridized carbons (Fsp3) is 0.412. The number of nitrogens with one attached hydrogen (secondary N) is 1. The Morgan fingerprint density at radius 1 is 1.19 bits per heavy atom. The molecule has 0 amide bonds. The standard InChI is InChI=1S/C17H21NO2S/c1-20-17-7-6-13-4-2-3-5-15(13)16(17)12-18-14-8-10-21(19)11-9-14/h2-7,14,18H,8-12H2,1H3. The normalized spacial score (nSPS) is 22.3. The van der Waals surface area contributed by atoms with Crippen molar-refractivity contribution in [3.63, 3.8) is 0 Å². The number of hydrogen-bond acceptors (Lipinski definition) is 3. The molecule has 1 saturated heterocycles. The van der Waals surface area contributed by atoms with Crippen molar-refractivity contribution < 1.29 is 8.95 Å². The Morgan fingerprint density at radius 2 is 1.95 bits per heavy atom. The molecule has 2 aromatic carbocycles. The molecule has 1 aliphatic heterocycles. The summed E-state index contributed by atoms with van der Waals surface area (Å²) in [6.45, 7) is 0.793. The zero-order valence-electron chi connectivity index (χ0n) is 12.3. The molecule has 1 aliphatic rings. The van der Waals surface area contributed by atoms with E-state index < -0.39 is 10.8 Å². The lowest BCUT2D eigenvalue weighted by Crippen LogP contribution is -2.35. The van der Waals surface area contributed by atoms with Crippen LogP contribution in [0.25, 0.3) is 10.8 Å². The van der Waals surface area contributed by atoms with E-state index in [1.165, 1.54) is 16.3 Å². The third kappa shape index (κ3) is 3.27. The van der Waals surface area contributed by atoms with Crippen LogP contribution in [0.1, 0.15) is 18.4 Å². The van der Waals surface area contributed by atoms with Crippen LogP contribution in [0.3, 0.4) is 0 Å². The van der Waals surface area contributed by atoms with Gasteiger partial charge in [0.1, 0.15) is 5.75 Å². The van der Waals surface area contributed by atoms with E-state index in [0.29, 0.717) is 6.04 Å². The molecule has 2 aromatic rings. The monoisotopic (exact) mass is 303 g/mol. The minimum atomic E-state index is -0.602. The van der Waals surface area contributed by atoms with Crippen LogP contribution in [-0.2, 0) is 17.3 Å². The van der Waals surface area contributed by atoms with Crippen molar-refractivity contribution in [3.05, 3.63) is 42.0 Å². The Bertz CT molecular complexity index is 646. The van der Waals surface area contributed by atoms with Crippen LogP contribution in [-0.4, -0.2) is 28.9 Å². The summed E-state index contributed by atoms with van der Waals surface area (Å²) in [5.41, 5.74) is 1.21.